The molecule has 0 saturated heterocycles. The van der Waals surface area contributed by atoms with Crippen molar-refractivity contribution in [3.63, 3.8) is 0 Å². The SMILES string of the molecule is COc1ccc([C@@H]2C(C(=O)OC(C)C)=C(C)N=c3s/c(=C\c4ccc(OCc5ccccc5)c(OC)c4)c(=O)n32)cc1. The Hall–Kier alpha value is -4.63. The van der Waals surface area contributed by atoms with Gasteiger partial charge in [-0.15, -0.1) is 0 Å². The average Bonchev–Trinajstić information content (AvgIpc) is 3.29. The molecule has 3 aromatic carbocycles. The molecule has 42 heavy (non-hydrogen) atoms. The van der Waals surface area contributed by atoms with Crippen molar-refractivity contribution < 1.29 is 23.7 Å². The molecule has 1 aromatic heterocycles. The van der Waals surface area contributed by atoms with Crippen LogP contribution in [0, 0.1) is 0 Å². The van der Waals surface area contributed by atoms with Crippen LogP contribution in [0.1, 0.15) is 43.5 Å². The van der Waals surface area contributed by atoms with E-state index in [0.29, 0.717) is 44.5 Å². The van der Waals surface area contributed by atoms with Crippen molar-refractivity contribution in [3.8, 4) is 17.2 Å². The second-order valence-corrected chi connectivity index (χ2v) is 11.0. The second-order valence-electron chi connectivity index (χ2n) is 9.99. The van der Waals surface area contributed by atoms with Crippen LogP contribution in [0.25, 0.3) is 6.08 Å². The van der Waals surface area contributed by atoms with Gasteiger partial charge in [-0.05, 0) is 67.8 Å². The second kappa shape index (κ2) is 12.5. The zero-order chi connectivity index (χ0) is 29.8. The Morgan fingerprint density at radius 1 is 1.00 bits per heavy atom. The van der Waals surface area contributed by atoms with E-state index in [1.807, 2.05) is 60.7 Å². The van der Waals surface area contributed by atoms with Crippen molar-refractivity contribution in [2.75, 3.05) is 14.2 Å². The highest BCUT2D eigenvalue weighted by Crippen LogP contribution is 2.32. The minimum atomic E-state index is -0.705. The molecule has 0 radical (unpaired) electrons. The molecule has 2 heterocycles. The number of allylic oxidation sites excluding steroid dienone is 1. The van der Waals surface area contributed by atoms with E-state index in [2.05, 4.69) is 4.99 Å². The van der Waals surface area contributed by atoms with Crippen molar-refractivity contribution in [2.24, 2.45) is 4.99 Å². The number of esters is 1. The number of rotatable bonds is 9. The molecule has 0 amide bonds. The third-order valence-corrected chi connectivity index (χ3v) is 7.72. The molecule has 1 aliphatic heterocycles. The van der Waals surface area contributed by atoms with Gasteiger partial charge in [-0.25, -0.2) is 9.79 Å². The first kappa shape index (κ1) is 28.9. The molecule has 0 N–H and O–H groups in total. The quantitative estimate of drug-likeness (QED) is 0.263. The number of thiazole rings is 1. The number of methoxy groups -OCH3 is 2. The van der Waals surface area contributed by atoms with Gasteiger partial charge in [0.2, 0.25) is 0 Å². The highest BCUT2D eigenvalue weighted by molar-refractivity contribution is 7.07. The lowest BCUT2D eigenvalue weighted by Gasteiger charge is -2.25. The number of nitrogens with zero attached hydrogens (tertiary/aromatic N) is 2. The van der Waals surface area contributed by atoms with Crippen molar-refractivity contribution in [1.29, 1.82) is 0 Å². The fraction of sp³-hybridized carbons (Fsp3) is 0.242. The van der Waals surface area contributed by atoms with Crippen LogP contribution in [0.4, 0.5) is 0 Å². The number of hydrogen-bond acceptors (Lipinski definition) is 8. The normalized spacial score (nSPS) is 14.8. The molecule has 0 saturated carbocycles. The van der Waals surface area contributed by atoms with Gasteiger partial charge in [0, 0.05) is 0 Å². The van der Waals surface area contributed by atoms with E-state index in [1.165, 1.54) is 11.3 Å². The van der Waals surface area contributed by atoms with E-state index in [4.69, 9.17) is 18.9 Å². The first-order valence-electron chi connectivity index (χ1n) is 13.5. The monoisotopic (exact) mass is 584 g/mol. The van der Waals surface area contributed by atoms with Gasteiger partial charge in [0.15, 0.2) is 16.3 Å². The summed E-state index contributed by atoms with van der Waals surface area (Å²) >= 11 is 1.26. The van der Waals surface area contributed by atoms with E-state index < -0.39 is 12.0 Å². The zero-order valence-electron chi connectivity index (χ0n) is 24.1. The van der Waals surface area contributed by atoms with Gasteiger partial charge in [-0.1, -0.05) is 59.9 Å². The summed E-state index contributed by atoms with van der Waals surface area (Å²) in [5.41, 5.74) is 3.13. The zero-order valence-corrected chi connectivity index (χ0v) is 24.9. The summed E-state index contributed by atoms with van der Waals surface area (Å²) in [6, 6.07) is 22.0. The summed E-state index contributed by atoms with van der Waals surface area (Å²) in [6.07, 6.45) is 1.47. The summed E-state index contributed by atoms with van der Waals surface area (Å²) < 4.78 is 24.5. The minimum absolute atomic E-state index is 0.259. The third kappa shape index (κ3) is 6.01. The molecule has 0 bridgehead atoms. The Labute approximate surface area is 247 Å². The molecule has 5 rings (SSSR count). The fourth-order valence-electron chi connectivity index (χ4n) is 4.74. The van der Waals surface area contributed by atoms with Gasteiger partial charge in [-0.3, -0.25) is 9.36 Å². The summed E-state index contributed by atoms with van der Waals surface area (Å²) in [5.74, 6) is 1.32. The molecule has 0 fully saturated rings. The van der Waals surface area contributed by atoms with E-state index in [-0.39, 0.29) is 11.7 Å². The molecule has 216 valence electrons. The molecule has 0 spiro atoms. The van der Waals surface area contributed by atoms with Gasteiger partial charge in [-0.2, -0.15) is 0 Å². The number of carbonyl (C=O) groups excluding carboxylic acids is 1. The standard InChI is InChI=1S/C33H32N2O6S/c1-20(2)41-32(37)29-21(3)34-33-35(30(29)24-12-14-25(38-4)15-13-24)31(36)28(42-33)18-23-11-16-26(27(17-23)39-5)40-19-22-9-7-6-8-10-22/h6-18,20,30H,19H2,1-5H3/b28-18-/t30-/m1/s1. The predicted molar refractivity (Wildman–Crippen MR) is 162 cm³/mol. The van der Waals surface area contributed by atoms with E-state index in [0.717, 1.165) is 16.7 Å². The third-order valence-electron chi connectivity index (χ3n) is 6.74. The van der Waals surface area contributed by atoms with E-state index in [1.54, 1.807) is 57.8 Å². The molecular formula is C33H32N2O6S. The number of hydrogen-bond donors (Lipinski definition) is 0. The molecule has 1 atom stereocenters. The molecule has 0 aliphatic carbocycles. The molecule has 8 nitrogen and oxygen atoms in total. The summed E-state index contributed by atoms with van der Waals surface area (Å²) in [4.78, 5) is 32.4. The maximum Gasteiger partial charge on any atom is 0.338 e. The lowest BCUT2D eigenvalue weighted by atomic mass is 9.96. The van der Waals surface area contributed by atoms with Crippen LogP contribution < -0.4 is 29.1 Å². The highest BCUT2D eigenvalue weighted by Gasteiger charge is 2.33. The van der Waals surface area contributed by atoms with Crippen LogP contribution in [-0.4, -0.2) is 30.9 Å². The number of benzene rings is 3. The van der Waals surface area contributed by atoms with Crippen LogP contribution in [0.15, 0.2) is 93.9 Å². The summed E-state index contributed by atoms with van der Waals surface area (Å²) in [6.45, 7) is 5.75. The Morgan fingerprint density at radius 2 is 1.74 bits per heavy atom. The van der Waals surface area contributed by atoms with Crippen LogP contribution >= 0.6 is 11.3 Å². The summed E-state index contributed by atoms with van der Waals surface area (Å²) in [5, 5.41) is 0. The Balaban J connectivity index is 1.55. The van der Waals surface area contributed by atoms with Crippen molar-refractivity contribution >= 4 is 23.4 Å². The number of fused-ring (bicyclic) bond motifs is 1. The van der Waals surface area contributed by atoms with Gasteiger partial charge in [0.05, 0.1) is 42.2 Å². The van der Waals surface area contributed by atoms with Gasteiger partial charge >= 0.3 is 5.97 Å². The average molecular weight is 585 g/mol. The first-order valence-corrected chi connectivity index (χ1v) is 14.3. The Bertz CT molecular complexity index is 1800. The lowest BCUT2D eigenvalue weighted by Crippen LogP contribution is -2.40. The Morgan fingerprint density at radius 3 is 2.40 bits per heavy atom. The largest absolute Gasteiger partial charge is 0.497 e. The summed E-state index contributed by atoms with van der Waals surface area (Å²) in [7, 11) is 3.17. The van der Waals surface area contributed by atoms with Crippen LogP contribution in [0.2, 0.25) is 0 Å². The Kier molecular flexibility index (Phi) is 8.59. The minimum Gasteiger partial charge on any atom is -0.497 e. The molecule has 9 heteroatoms. The maximum absolute atomic E-state index is 13.9. The van der Waals surface area contributed by atoms with Gasteiger partial charge < -0.3 is 18.9 Å². The van der Waals surface area contributed by atoms with Gasteiger partial charge in [0.1, 0.15) is 12.4 Å². The van der Waals surface area contributed by atoms with Crippen LogP contribution in [0.3, 0.4) is 0 Å². The topological polar surface area (TPSA) is 88.4 Å². The highest BCUT2D eigenvalue weighted by atomic mass is 32.1. The predicted octanol–water partition coefficient (Wildman–Crippen LogP) is 4.78. The van der Waals surface area contributed by atoms with Crippen molar-refractivity contribution in [3.05, 3.63) is 120 Å². The lowest BCUT2D eigenvalue weighted by molar-refractivity contribution is -0.143. The first-order chi connectivity index (χ1) is 20.3. The number of aromatic nitrogens is 1. The number of carbonyl (C=O) groups is 1. The van der Waals surface area contributed by atoms with E-state index in [9.17, 15) is 9.59 Å². The smallest absolute Gasteiger partial charge is 0.338 e. The maximum atomic E-state index is 13.9. The van der Waals surface area contributed by atoms with Crippen molar-refractivity contribution in [1.82, 2.24) is 4.57 Å². The van der Waals surface area contributed by atoms with Crippen molar-refractivity contribution in [2.45, 2.75) is 39.5 Å². The van der Waals surface area contributed by atoms with Crippen LogP contribution in [-0.2, 0) is 16.1 Å². The molecule has 1 aliphatic rings. The van der Waals surface area contributed by atoms with E-state index >= 15 is 0 Å². The molecule has 4 aromatic rings. The molecule has 0 unspecified atom stereocenters. The number of ether oxygens (including phenoxy) is 4. The van der Waals surface area contributed by atoms with Gasteiger partial charge in [0.25, 0.3) is 5.56 Å². The fourth-order valence-corrected chi connectivity index (χ4v) is 5.79. The van der Waals surface area contributed by atoms with Crippen LogP contribution in [0.5, 0.6) is 17.2 Å². The molecular weight excluding hydrogens is 552 g/mol.